The maximum atomic E-state index is 13.6. The summed E-state index contributed by atoms with van der Waals surface area (Å²) in [5.41, 5.74) is 2.43. The van der Waals surface area contributed by atoms with Crippen LogP contribution in [0.25, 0.3) is 15.9 Å². The summed E-state index contributed by atoms with van der Waals surface area (Å²) in [5, 5.41) is 1.85. The molecule has 0 N–H and O–H groups in total. The SMILES string of the molecule is O=C(CSc1nc2sc3c(c2c(=O)n1-c1ccc(Cl)cc1)CCC3)c1ccccc1. The Hall–Kier alpha value is -2.41. The fraction of sp³-hybridized carbons (Fsp3) is 0.174. The first-order valence-corrected chi connectivity index (χ1v) is 11.8. The summed E-state index contributed by atoms with van der Waals surface area (Å²) in [4.78, 5) is 33.0. The summed E-state index contributed by atoms with van der Waals surface area (Å²) < 4.78 is 1.62. The van der Waals surface area contributed by atoms with E-state index >= 15 is 0 Å². The van der Waals surface area contributed by atoms with E-state index in [-0.39, 0.29) is 17.1 Å². The molecule has 0 bridgehead atoms. The fourth-order valence-electron chi connectivity index (χ4n) is 3.78. The number of thioether (sulfide) groups is 1. The maximum absolute atomic E-state index is 13.6. The van der Waals surface area contributed by atoms with E-state index in [1.54, 1.807) is 40.2 Å². The van der Waals surface area contributed by atoms with Gasteiger partial charge in [0.2, 0.25) is 0 Å². The van der Waals surface area contributed by atoms with Gasteiger partial charge in [-0.15, -0.1) is 11.3 Å². The zero-order valence-corrected chi connectivity index (χ0v) is 18.3. The zero-order chi connectivity index (χ0) is 20.7. The third-order valence-electron chi connectivity index (χ3n) is 5.22. The highest BCUT2D eigenvalue weighted by Crippen LogP contribution is 2.36. The molecule has 2 heterocycles. The van der Waals surface area contributed by atoms with Crippen LogP contribution in [0, 0.1) is 0 Å². The number of aromatic nitrogens is 2. The van der Waals surface area contributed by atoms with Crippen LogP contribution in [0.2, 0.25) is 5.02 Å². The molecular weight excluding hydrogens is 436 g/mol. The van der Waals surface area contributed by atoms with Gasteiger partial charge in [-0.3, -0.25) is 14.2 Å². The number of Topliss-reactive ketones (excluding diaryl/α,β-unsaturated/α-hetero) is 1. The van der Waals surface area contributed by atoms with Crippen molar-refractivity contribution in [1.82, 2.24) is 9.55 Å². The Labute approximate surface area is 186 Å². The highest BCUT2D eigenvalue weighted by Gasteiger charge is 2.24. The second-order valence-corrected chi connectivity index (χ2v) is 9.59. The van der Waals surface area contributed by atoms with E-state index in [1.165, 1.54) is 16.6 Å². The van der Waals surface area contributed by atoms with Crippen molar-refractivity contribution in [3.63, 3.8) is 0 Å². The molecule has 4 nitrogen and oxygen atoms in total. The smallest absolute Gasteiger partial charge is 0.267 e. The van der Waals surface area contributed by atoms with E-state index in [0.717, 1.165) is 35.0 Å². The standard InChI is InChI=1S/C23H17ClN2O2S2/c24-15-9-11-16(12-10-15)26-22(28)20-17-7-4-8-19(17)30-21(20)25-23(26)29-13-18(27)14-5-2-1-3-6-14/h1-3,5-6,9-12H,4,7-8,13H2. The Balaban J connectivity index is 1.61. The van der Waals surface area contributed by atoms with Crippen LogP contribution in [0.1, 0.15) is 27.2 Å². The largest absolute Gasteiger partial charge is 0.293 e. The number of hydrogen-bond donors (Lipinski definition) is 0. The number of aryl methyl sites for hydroxylation is 2. The normalized spacial score (nSPS) is 13.0. The topological polar surface area (TPSA) is 52.0 Å². The van der Waals surface area contributed by atoms with E-state index in [0.29, 0.717) is 21.4 Å². The van der Waals surface area contributed by atoms with Gasteiger partial charge in [0, 0.05) is 15.5 Å². The van der Waals surface area contributed by atoms with Gasteiger partial charge in [-0.05, 0) is 49.1 Å². The van der Waals surface area contributed by atoms with Crippen molar-refractivity contribution in [3.8, 4) is 5.69 Å². The lowest BCUT2D eigenvalue weighted by Gasteiger charge is -2.12. The Kier molecular flexibility index (Phi) is 5.23. The molecular formula is C23H17ClN2O2S2. The molecule has 0 spiro atoms. The maximum Gasteiger partial charge on any atom is 0.267 e. The van der Waals surface area contributed by atoms with Crippen LogP contribution in [0.5, 0.6) is 0 Å². The number of fused-ring (bicyclic) bond motifs is 3. The Morgan fingerprint density at radius 3 is 2.63 bits per heavy atom. The third kappa shape index (κ3) is 3.49. The summed E-state index contributed by atoms with van der Waals surface area (Å²) in [7, 11) is 0. The lowest BCUT2D eigenvalue weighted by molar-refractivity contribution is 0.102. The molecule has 7 heteroatoms. The number of nitrogens with zero attached hydrogens (tertiary/aromatic N) is 2. The van der Waals surface area contributed by atoms with Crippen LogP contribution in [-0.4, -0.2) is 21.1 Å². The summed E-state index contributed by atoms with van der Waals surface area (Å²) in [6.07, 6.45) is 3.01. The van der Waals surface area contributed by atoms with Crippen molar-refractivity contribution in [2.24, 2.45) is 0 Å². The summed E-state index contributed by atoms with van der Waals surface area (Å²) >= 11 is 8.96. The van der Waals surface area contributed by atoms with Gasteiger partial charge in [0.15, 0.2) is 10.9 Å². The van der Waals surface area contributed by atoms with Gasteiger partial charge >= 0.3 is 0 Å². The van der Waals surface area contributed by atoms with Crippen molar-refractivity contribution in [2.75, 3.05) is 5.75 Å². The van der Waals surface area contributed by atoms with Crippen LogP contribution < -0.4 is 5.56 Å². The van der Waals surface area contributed by atoms with Crippen molar-refractivity contribution in [2.45, 2.75) is 24.4 Å². The first kappa shape index (κ1) is 19.5. The van der Waals surface area contributed by atoms with Crippen LogP contribution in [-0.2, 0) is 12.8 Å². The number of hydrogen-bond acceptors (Lipinski definition) is 5. The first-order valence-electron chi connectivity index (χ1n) is 9.66. The van der Waals surface area contributed by atoms with Gasteiger partial charge in [-0.25, -0.2) is 4.98 Å². The average molecular weight is 453 g/mol. The Morgan fingerprint density at radius 2 is 1.87 bits per heavy atom. The molecule has 0 saturated carbocycles. The number of thiophene rings is 1. The number of benzene rings is 2. The number of rotatable bonds is 5. The van der Waals surface area contributed by atoms with Gasteiger partial charge in [-0.2, -0.15) is 0 Å². The van der Waals surface area contributed by atoms with Gasteiger partial charge in [0.25, 0.3) is 5.56 Å². The minimum absolute atomic E-state index is 0.00581. The second kappa shape index (κ2) is 8.02. The third-order valence-corrected chi connectivity index (χ3v) is 7.60. The van der Waals surface area contributed by atoms with Gasteiger partial charge in [-0.1, -0.05) is 53.7 Å². The van der Waals surface area contributed by atoms with E-state index in [2.05, 4.69) is 0 Å². The van der Waals surface area contributed by atoms with Crippen molar-refractivity contribution in [3.05, 3.63) is 86.0 Å². The van der Waals surface area contributed by atoms with Gasteiger partial charge in [0.1, 0.15) is 4.83 Å². The fourth-order valence-corrected chi connectivity index (χ4v) is 6.11. The quantitative estimate of drug-likeness (QED) is 0.226. The molecule has 0 amide bonds. The molecule has 0 aliphatic heterocycles. The predicted molar refractivity (Wildman–Crippen MR) is 124 cm³/mol. The average Bonchev–Trinajstić information content (AvgIpc) is 3.34. The van der Waals surface area contributed by atoms with Crippen LogP contribution >= 0.6 is 34.7 Å². The number of carbonyl (C=O) groups excluding carboxylic acids is 1. The number of ketones is 1. The molecule has 0 fully saturated rings. The monoisotopic (exact) mass is 452 g/mol. The molecule has 0 radical (unpaired) electrons. The van der Waals surface area contributed by atoms with Gasteiger partial charge < -0.3 is 0 Å². The van der Waals surface area contributed by atoms with Crippen molar-refractivity contribution < 1.29 is 4.79 Å². The Morgan fingerprint density at radius 1 is 1.10 bits per heavy atom. The molecule has 2 aromatic heterocycles. The zero-order valence-electron chi connectivity index (χ0n) is 15.9. The van der Waals surface area contributed by atoms with E-state index in [1.807, 2.05) is 30.3 Å². The molecule has 4 aromatic rings. The molecule has 2 aromatic carbocycles. The summed E-state index contributed by atoms with van der Waals surface area (Å²) in [6.45, 7) is 0. The molecule has 30 heavy (non-hydrogen) atoms. The number of halogens is 1. The molecule has 0 saturated heterocycles. The Bertz CT molecular complexity index is 1310. The highest BCUT2D eigenvalue weighted by molar-refractivity contribution is 7.99. The first-order chi connectivity index (χ1) is 14.6. The van der Waals surface area contributed by atoms with Crippen LogP contribution in [0.4, 0.5) is 0 Å². The second-order valence-electron chi connectivity index (χ2n) is 7.13. The molecule has 0 unspecified atom stereocenters. The molecule has 0 atom stereocenters. The molecule has 150 valence electrons. The summed E-state index contributed by atoms with van der Waals surface area (Å²) in [5.74, 6) is 0.215. The summed E-state index contributed by atoms with van der Waals surface area (Å²) in [6, 6.07) is 16.3. The molecule has 5 rings (SSSR count). The highest BCUT2D eigenvalue weighted by atomic mass is 35.5. The van der Waals surface area contributed by atoms with E-state index < -0.39 is 0 Å². The van der Waals surface area contributed by atoms with E-state index in [9.17, 15) is 9.59 Å². The lowest BCUT2D eigenvalue weighted by Crippen LogP contribution is -2.22. The minimum atomic E-state index is -0.0728. The van der Waals surface area contributed by atoms with E-state index in [4.69, 9.17) is 16.6 Å². The molecule has 1 aliphatic rings. The van der Waals surface area contributed by atoms with Crippen molar-refractivity contribution >= 4 is 50.7 Å². The lowest BCUT2D eigenvalue weighted by atomic mass is 10.2. The minimum Gasteiger partial charge on any atom is -0.293 e. The predicted octanol–water partition coefficient (Wildman–Crippen LogP) is 5.56. The molecule has 1 aliphatic carbocycles. The van der Waals surface area contributed by atoms with Crippen LogP contribution in [0.15, 0.2) is 64.5 Å². The van der Waals surface area contributed by atoms with Gasteiger partial charge in [0.05, 0.1) is 16.8 Å². The van der Waals surface area contributed by atoms with Crippen LogP contribution in [0.3, 0.4) is 0 Å². The number of carbonyl (C=O) groups is 1. The van der Waals surface area contributed by atoms with Crippen molar-refractivity contribution in [1.29, 1.82) is 0 Å².